The molecule has 0 fully saturated rings. The summed E-state index contributed by atoms with van der Waals surface area (Å²) in [5.74, 6) is -0.506. The number of rotatable bonds is 4. The second-order valence-electron chi connectivity index (χ2n) is 3.60. The molecule has 16 heavy (non-hydrogen) atoms. The molecular formula is C11H13FN2O2. The molecule has 0 radical (unpaired) electrons. The van der Waals surface area contributed by atoms with Crippen molar-refractivity contribution in [3.05, 3.63) is 29.6 Å². The predicted octanol–water partition coefficient (Wildman–Crippen LogP) is 1.05. The second-order valence-corrected chi connectivity index (χ2v) is 3.60. The molecule has 1 aromatic carbocycles. The lowest BCUT2D eigenvalue weighted by molar-refractivity contribution is -0.117. The molecule has 4 nitrogen and oxygen atoms in total. The van der Waals surface area contributed by atoms with Crippen LogP contribution in [0.15, 0.2) is 18.2 Å². The van der Waals surface area contributed by atoms with Crippen molar-refractivity contribution in [2.24, 2.45) is 0 Å². The Morgan fingerprint density at radius 3 is 3.12 bits per heavy atom. The van der Waals surface area contributed by atoms with Crippen molar-refractivity contribution in [2.75, 3.05) is 25.6 Å². The van der Waals surface area contributed by atoms with Crippen LogP contribution in [0.3, 0.4) is 0 Å². The maximum absolute atomic E-state index is 12.9. The molecule has 2 rings (SSSR count). The Bertz CT molecular complexity index is 409. The van der Waals surface area contributed by atoms with Gasteiger partial charge >= 0.3 is 0 Å². The molecule has 1 aromatic rings. The summed E-state index contributed by atoms with van der Waals surface area (Å²) in [5.41, 5.74) is 1.32. The number of hydrogen-bond acceptors (Lipinski definition) is 3. The van der Waals surface area contributed by atoms with Crippen LogP contribution in [0.25, 0.3) is 0 Å². The largest absolute Gasteiger partial charge is 0.383 e. The molecule has 0 saturated carbocycles. The van der Waals surface area contributed by atoms with Gasteiger partial charge in [0.05, 0.1) is 6.61 Å². The highest BCUT2D eigenvalue weighted by Crippen LogP contribution is 2.30. The van der Waals surface area contributed by atoms with Crippen LogP contribution >= 0.6 is 0 Å². The first-order valence-electron chi connectivity index (χ1n) is 5.05. The van der Waals surface area contributed by atoms with Crippen molar-refractivity contribution in [2.45, 2.75) is 6.04 Å². The van der Waals surface area contributed by atoms with Crippen molar-refractivity contribution < 1.29 is 13.9 Å². The fraction of sp³-hybridized carbons (Fsp3) is 0.364. The summed E-state index contributed by atoms with van der Waals surface area (Å²) in [6.07, 6.45) is 0. The number of nitrogens with one attached hydrogen (secondary N) is 2. The van der Waals surface area contributed by atoms with Gasteiger partial charge in [-0.15, -0.1) is 0 Å². The number of halogens is 1. The molecule has 0 aromatic heterocycles. The Balaban J connectivity index is 2.13. The molecule has 1 unspecified atom stereocenters. The van der Waals surface area contributed by atoms with Crippen molar-refractivity contribution >= 4 is 11.6 Å². The molecule has 1 atom stereocenters. The molecule has 1 aliphatic heterocycles. The highest BCUT2D eigenvalue weighted by molar-refractivity contribution is 6.02. The minimum Gasteiger partial charge on any atom is -0.383 e. The third-order valence-electron chi connectivity index (χ3n) is 2.50. The van der Waals surface area contributed by atoms with Gasteiger partial charge in [0.1, 0.15) is 11.9 Å². The highest BCUT2D eigenvalue weighted by Gasteiger charge is 2.29. The quantitative estimate of drug-likeness (QED) is 0.752. The Kier molecular flexibility index (Phi) is 3.17. The van der Waals surface area contributed by atoms with Gasteiger partial charge in [-0.1, -0.05) is 6.07 Å². The monoisotopic (exact) mass is 224 g/mol. The fourth-order valence-electron chi connectivity index (χ4n) is 1.74. The van der Waals surface area contributed by atoms with Gasteiger partial charge in [0.2, 0.25) is 5.91 Å². The van der Waals surface area contributed by atoms with Gasteiger partial charge in [-0.2, -0.15) is 0 Å². The summed E-state index contributed by atoms with van der Waals surface area (Å²) in [5, 5.41) is 5.68. The Morgan fingerprint density at radius 2 is 2.38 bits per heavy atom. The smallest absolute Gasteiger partial charge is 0.246 e. The highest BCUT2D eigenvalue weighted by atomic mass is 19.1. The molecule has 1 aliphatic rings. The minimum absolute atomic E-state index is 0.156. The van der Waals surface area contributed by atoms with Crippen LogP contribution in [0, 0.1) is 5.82 Å². The average molecular weight is 224 g/mol. The third kappa shape index (κ3) is 2.05. The zero-order chi connectivity index (χ0) is 11.5. The second kappa shape index (κ2) is 4.59. The SMILES string of the molecule is COCCNC1C(=O)Nc2cc(F)ccc21. The van der Waals surface area contributed by atoms with E-state index >= 15 is 0 Å². The van der Waals surface area contributed by atoms with E-state index in [1.54, 1.807) is 13.2 Å². The molecule has 0 aliphatic carbocycles. The molecule has 5 heteroatoms. The Hall–Kier alpha value is -1.46. The van der Waals surface area contributed by atoms with E-state index in [4.69, 9.17) is 4.74 Å². The normalized spacial score (nSPS) is 18.4. The number of ether oxygens (including phenoxy) is 1. The van der Waals surface area contributed by atoms with Crippen molar-refractivity contribution in [1.82, 2.24) is 5.32 Å². The molecule has 0 saturated heterocycles. The molecule has 0 spiro atoms. The number of fused-ring (bicyclic) bond motifs is 1. The molecule has 2 N–H and O–H groups in total. The van der Waals surface area contributed by atoms with Crippen molar-refractivity contribution in [3.63, 3.8) is 0 Å². The lowest BCUT2D eigenvalue weighted by atomic mass is 10.1. The molecule has 1 heterocycles. The van der Waals surface area contributed by atoms with E-state index in [9.17, 15) is 9.18 Å². The Labute approximate surface area is 92.8 Å². The number of anilines is 1. The molecule has 86 valence electrons. The lowest BCUT2D eigenvalue weighted by Crippen LogP contribution is -2.30. The zero-order valence-corrected chi connectivity index (χ0v) is 8.92. The van der Waals surface area contributed by atoms with Crippen LogP contribution in [0.2, 0.25) is 0 Å². The Morgan fingerprint density at radius 1 is 1.56 bits per heavy atom. The summed E-state index contributed by atoms with van der Waals surface area (Å²) < 4.78 is 17.8. The van der Waals surface area contributed by atoms with E-state index in [1.165, 1.54) is 12.1 Å². The van der Waals surface area contributed by atoms with Gasteiger partial charge in [-0.25, -0.2) is 4.39 Å². The fourth-order valence-corrected chi connectivity index (χ4v) is 1.74. The number of carbonyl (C=O) groups is 1. The summed E-state index contributed by atoms with van der Waals surface area (Å²) in [6, 6.07) is 3.88. The predicted molar refractivity (Wildman–Crippen MR) is 57.6 cm³/mol. The first kappa shape index (κ1) is 11.0. The van der Waals surface area contributed by atoms with E-state index in [-0.39, 0.29) is 11.7 Å². The standard InChI is InChI=1S/C11H13FN2O2/c1-16-5-4-13-10-8-3-2-7(12)6-9(8)14-11(10)15/h2-3,6,10,13H,4-5H2,1H3,(H,14,15). The van der Waals surface area contributed by atoms with E-state index in [1.807, 2.05) is 0 Å². The lowest BCUT2D eigenvalue weighted by Gasteiger charge is -2.10. The molecular weight excluding hydrogens is 211 g/mol. The van der Waals surface area contributed by atoms with Gasteiger partial charge in [0, 0.05) is 24.9 Å². The number of benzene rings is 1. The minimum atomic E-state index is -0.411. The van der Waals surface area contributed by atoms with Gasteiger partial charge in [-0.05, 0) is 12.1 Å². The average Bonchev–Trinajstić information content (AvgIpc) is 2.55. The number of methoxy groups -OCH3 is 1. The zero-order valence-electron chi connectivity index (χ0n) is 8.92. The van der Waals surface area contributed by atoms with E-state index < -0.39 is 6.04 Å². The first-order chi connectivity index (χ1) is 7.72. The van der Waals surface area contributed by atoms with Crippen LogP contribution in [0.5, 0.6) is 0 Å². The number of carbonyl (C=O) groups excluding carboxylic acids is 1. The molecule has 0 bridgehead atoms. The maximum Gasteiger partial charge on any atom is 0.246 e. The maximum atomic E-state index is 12.9. The van der Waals surface area contributed by atoms with E-state index in [2.05, 4.69) is 10.6 Å². The van der Waals surface area contributed by atoms with Crippen LogP contribution in [-0.2, 0) is 9.53 Å². The summed E-state index contributed by atoms with van der Waals surface area (Å²) in [7, 11) is 1.60. The molecule has 1 amide bonds. The van der Waals surface area contributed by atoms with Crippen LogP contribution < -0.4 is 10.6 Å². The number of hydrogen-bond donors (Lipinski definition) is 2. The summed E-state index contributed by atoms with van der Waals surface area (Å²) >= 11 is 0. The van der Waals surface area contributed by atoms with E-state index in [0.717, 1.165) is 5.56 Å². The summed E-state index contributed by atoms with van der Waals surface area (Å²) in [4.78, 5) is 11.6. The van der Waals surface area contributed by atoms with Crippen molar-refractivity contribution in [1.29, 1.82) is 0 Å². The topological polar surface area (TPSA) is 50.4 Å². The van der Waals surface area contributed by atoms with Gasteiger partial charge in [-0.3, -0.25) is 10.1 Å². The number of amides is 1. The first-order valence-corrected chi connectivity index (χ1v) is 5.05. The van der Waals surface area contributed by atoms with E-state index in [0.29, 0.717) is 18.8 Å². The van der Waals surface area contributed by atoms with Crippen LogP contribution in [0.4, 0.5) is 10.1 Å². The van der Waals surface area contributed by atoms with Gasteiger partial charge in [0.15, 0.2) is 0 Å². The van der Waals surface area contributed by atoms with Gasteiger partial charge in [0.25, 0.3) is 0 Å². The van der Waals surface area contributed by atoms with Crippen LogP contribution in [0.1, 0.15) is 11.6 Å². The third-order valence-corrected chi connectivity index (χ3v) is 2.50. The van der Waals surface area contributed by atoms with Crippen LogP contribution in [-0.4, -0.2) is 26.2 Å². The summed E-state index contributed by atoms with van der Waals surface area (Å²) in [6.45, 7) is 1.10. The van der Waals surface area contributed by atoms with Crippen molar-refractivity contribution in [3.8, 4) is 0 Å². The van der Waals surface area contributed by atoms with Gasteiger partial charge < -0.3 is 10.1 Å².